The van der Waals surface area contributed by atoms with Crippen molar-refractivity contribution in [3.8, 4) is 23.0 Å². The van der Waals surface area contributed by atoms with Crippen LogP contribution in [0.1, 0.15) is 82.3 Å². The summed E-state index contributed by atoms with van der Waals surface area (Å²) in [6.45, 7) is 18.1. The molecule has 3 atom stereocenters. The Hall–Kier alpha value is -3.95. The number of nitrogens with zero attached hydrogens (tertiary/aromatic N) is 4. The minimum Gasteiger partial charge on any atom is -0.509 e. The molecule has 5 nitrogen and oxygen atoms in total. The Kier molecular flexibility index (Phi) is 9.06. The van der Waals surface area contributed by atoms with Crippen LogP contribution >= 0.6 is 0 Å². The first-order valence-electron chi connectivity index (χ1n) is 16.5. The third kappa shape index (κ3) is 5.78. The number of pyridine rings is 1. The molecular weight excluding hydrogens is 760 g/mol. The van der Waals surface area contributed by atoms with Crippen LogP contribution in [0.4, 0.5) is 0 Å². The van der Waals surface area contributed by atoms with Crippen LogP contribution < -0.4 is 4.74 Å². The fourth-order valence-electron chi connectivity index (χ4n) is 7.60. The zero-order valence-electron chi connectivity index (χ0n) is 28.5. The van der Waals surface area contributed by atoms with Gasteiger partial charge < -0.3 is 9.30 Å². The molecule has 0 bridgehead atoms. The van der Waals surface area contributed by atoms with Crippen molar-refractivity contribution in [1.29, 1.82) is 0 Å². The number of rotatable bonds is 6. The second kappa shape index (κ2) is 12.9. The second-order valence-corrected chi connectivity index (χ2v) is 13.5. The van der Waals surface area contributed by atoms with Crippen LogP contribution in [0.5, 0.6) is 11.5 Å². The van der Waals surface area contributed by atoms with Crippen molar-refractivity contribution in [2.24, 2.45) is 11.8 Å². The molecular formula is C41H42N4OPt. The minimum atomic E-state index is 0. The summed E-state index contributed by atoms with van der Waals surface area (Å²) in [6, 6.07) is 29.9. The van der Waals surface area contributed by atoms with E-state index in [2.05, 4.69) is 121 Å². The number of hydrogen-bond donors (Lipinski definition) is 0. The van der Waals surface area contributed by atoms with Crippen molar-refractivity contribution in [3.05, 3.63) is 119 Å². The SMILES string of the molecule is CC1=C(C)[C@H](C)C[C@H](C)C1c1c(C)nn(-c2[c-]c(Oc3[c-]c4c(cc3)c3ccccc3n4-c3cc(C(C)C)ccn3)ccc2)c1C.[Pt+2]. The summed E-state index contributed by atoms with van der Waals surface area (Å²) in [4.78, 5) is 4.77. The summed E-state index contributed by atoms with van der Waals surface area (Å²) in [6.07, 6.45) is 3.09. The van der Waals surface area contributed by atoms with E-state index in [0.717, 1.165) is 44.7 Å². The van der Waals surface area contributed by atoms with Crippen molar-refractivity contribution >= 4 is 21.8 Å². The molecule has 0 spiro atoms. The van der Waals surface area contributed by atoms with Gasteiger partial charge in [0, 0.05) is 40.4 Å². The fourth-order valence-corrected chi connectivity index (χ4v) is 7.60. The molecule has 1 unspecified atom stereocenters. The molecule has 0 radical (unpaired) electrons. The summed E-state index contributed by atoms with van der Waals surface area (Å²) in [5.41, 5.74) is 10.7. The van der Waals surface area contributed by atoms with Gasteiger partial charge in [-0.05, 0) is 86.7 Å². The molecule has 3 aromatic heterocycles. The van der Waals surface area contributed by atoms with Crippen molar-refractivity contribution < 1.29 is 25.8 Å². The van der Waals surface area contributed by atoms with Gasteiger partial charge in [-0.3, -0.25) is 4.68 Å². The van der Waals surface area contributed by atoms with E-state index in [-0.39, 0.29) is 21.1 Å². The van der Waals surface area contributed by atoms with Crippen LogP contribution in [0.15, 0.2) is 84.1 Å². The summed E-state index contributed by atoms with van der Waals surface area (Å²) in [7, 11) is 0. The Morgan fingerprint density at radius 3 is 2.40 bits per heavy atom. The van der Waals surface area contributed by atoms with Gasteiger partial charge in [0.1, 0.15) is 5.82 Å². The predicted molar refractivity (Wildman–Crippen MR) is 188 cm³/mol. The zero-order chi connectivity index (χ0) is 32.3. The number of allylic oxidation sites excluding steroid dienone is 2. The molecule has 0 fully saturated rings. The van der Waals surface area contributed by atoms with Crippen molar-refractivity contribution in [1.82, 2.24) is 19.3 Å². The quantitative estimate of drug-likeness (QED) is 0.124. The average molecular weight is 802 g/mol. The molecule has 0 amide bonds. The number of aromatic nitrogens is 4. The van der Waals surface area contributed by atoms with Gasteiger partial charge in [-0.25, -0.2) is 4.98 Å². The molecule has 7 rings (SSSR count). The van der Waals surface area contributed by atoms with Gasteiger partial charge in [-0.1, -0.05) is 62.6 Å². The molecule has 6 heteroatoms. The Balaban J connectivity index is 0.00000386. The summed E-state index contributed by atoms with van der Waals surface area (Å²) in [5, 5.41) is 7.31. The summed E-state index contributed by atoms with van der Waals surface area (Å²) in [5.74, 6) is 4.10. The largest absolute Gasteiger partial charge is 2.00 e. The van der Waals surface area contributed by atoms with Gasteiger partial charge in [0.05, 0.1) is 5.69 Å². The average Bonchev–Trinajstić information content (AvgIpc) is 3.53. The third-order valence-electron chi connectivity index (χ3n) is 10.2. The van der Waals surface area contributed by atoms with E-state index in [1.807, 2.05) is 29.1 Å². The first kappa shape index (κ1) is 33.0. The number of ether oxygens (including phenoxy) is 1. The van der Waals surface area contributed by atoms with Gasteiger partial charge in [0.2, 0.25) is 0 Å². The van der Waals surface area contributed by atoms with Gasteiger partial charge in [-0.2, -0.15) is 17.2 Å². The smallest absolute Gasteiger partial charge is 0.509 e. The van der Waals surface area contributed by atoms with E-state index in [4.69, 9.17) is 14.8 Å². The van der Waals surface area contributed by atoms with Crippen LogP contribution in [-0.4, -0.2) is 19.3 Å². The molecule has 1 aliphatic rings. The fraction of sp³-hybridized carbons (Fsp3) is 0.317. The van der Waals surface area contributed by atoms with Crippen molar-refractivity contribution in [2.45, 2.75) is 73.6 Å². The van der Waals surface area contributed by atoms with Crippen molar-refractivity contribution in [3.63, 3.8) is 0 Å². The van der Waals surface area contributed by atoms with Crippen LogP contribution in [0.25, 0.3) is 33.3 Å². The molecule has 0 N–H and O–H groups in total. The molecule has 1 aliphatic carbocycles. The monoisotopic (exact) mass is 801 g/mol. The first-order valence-corrected chi connectivity index (χ1v) is 16.5. The predicted octanol–water partition coefficient (Wildman–Crippen LogP) is 10.6. The maximum atomic E-state index is 6.46. The second-order valence-electron chi connectivity index (χ2n) is 13.5. The summed E-state index contributed by atoms with van der Waals surface area (Å²) >= 11 is 0. The third-order valence-corrected chi connectivity index (χ3v) is 10.2. The van der Waals surface area contributed by atoms with E-state index >= 15 is 0 Å². The summed E-state index contributed by atoms with van der Waals surface area (Å²) < 4.78 is 10.7. The molecule has 0 saturated carbocycles. The maximum absolute atomic E-state index is 6.46. The van der Waals surface area contributed by atoms with Crippen LogP contribution in [0.2, 0.25) is 0 Å². The molecule has 0 saturated heterocycles. The normalized spacial score (nSPS) is 18.3. The van der Waals surface area contributed by atoms with E-state index in [1.165, 1.54) is 28.7 Å². The number of benzene rings is 3. The standard InChI is InChI=1S/C41H42N4O.Pt/c1-24(2)31-18-19-42-39(21-31)44-37-15-10-9-14-35(37)36-17-16-34(23-38(36)44)46-33-13-11-12-32(22-33)45-30(8)41(29(7)43-45)40-26(4)20-25(3)27(5)28(40)6;/h9-19,21,24-26,40H,20H2,1-8H3;/q-2;+2/t25-,26+,40?;/m1./s1. The van der Waals surface area contributed by atoms with Crippen molar-refractivity contribution in [2.75, 3.05) is 0 Å². The molecule has 242 valence electrons. The van der Waals surface area contributed by atoms with Gasteiger partial charge in [-0.15, -0.1) is 35.7 Å². The Morgan fingerprint density at radius 1 is 0.851 bits per heavy atom. The minimum absolute atomic E-state index is 0. The van der Waals surface area contributed by atoms with E-state index in [9.17, 15) is 0 Å². The zero-order valence-corrected chi connectivity index (χ0v) is 30.7. The Labute approximate surface area is 292 Å². The van der Waals surface area contributed by atoms with Gasteiger partial charge in [0.15, 0.2) is 0 Å². The molecule has 47 heavy (non-hydrogen) atoms. The number of fused-ring (bicyclic) bond motifs is 3. The Bertz CT molecular complexity index is 2130. The van der Waals surface area contributed by atoms with E-state index in [0.29, 0.717) is 35.2 Å². The maximum Gasteiger partial charge on any atom is 2.00 e. The molecule has 6 aromatic rings. The number of hydrogen-bond acceptors (Lipinski definition) is 3. The van der Waals surface area contributed by atoms with Crippen LogP contribution in [0.3, 0.4) is 0 Å². The molecule has 3 aromatic carbocycles. The first-order chi connectivity index (χ1) is 22.1. The van der Waals surface area contributed by atoms with Gasteiger partial charge >= 0.3 is 21.1 Å². The van der Waals surface area contributed by atoms with E-state index in [1.54, 1.807) is 0 Å². The van der Waals surface area contributed by atoms with Gasteiger partial charge in [0.25, 0.3) is 0 Å². The van der Waals surface area contributed by atoms with Crippen LogP contribution in [0, 0.1) is 37.8 Å². The topological polar surface area (TPSA) is 44.9 Å². The van der Waals surface area contributed by atoms with E-state index < -0.39 is 0 Å². The number of aryl methyl sites for hydroxylation is 1. The van der Waals surface area contributed by atoms with Crippen LogP contribution in [-0.2, 0) is 21.1 Å². The molecule has 0 aliphatic heterocycles. The number of para-hydroxylation sites is 1. The Morgan fingerprint density at radius 2 is 1.62 bits per heavy atom. The molecule has 3 heterocycles.